The van der Waals surface area contributed by atoms with Crippen LogP contribution in [-0.4, -0.2) is 55.0 Å². The van der Waals surface area contributed by atoms with Gasteiger partial charge in [0.2, 0.25) is 0 Å². The topological polar surface area (TPSA) is 46.5 Å². The zero-order valence-corrected chi connectivity index (χ0v) is 9.83. The summed E-state index contributed by atoms with van der Waals surface area (Å²) in [5.41, 5.74) is -0.434. The quantitative estimate of drug-likeness (QED) is 0.532. The Balaban J connectivity index is 4.06. The van der Waals surface area contributed by atoms with E-state index in [2.05, 4.69) is 0 Å². The van der Waals surface area contributed by atoms with Crippen molar-refractivity contribution in [3.63, 3.8) is 0 Å². The summed E-state index contributed by atoms with van der Waals surface area (Å²) >= 11 is 0. The van der Waals surface area contributed by atoms with E-state index in [1.54, 1.807) is 0 Å². The summed E-state index contributed by atoms with van der Waals surface area (Å²) in [4.78, 5) is 11.4. The molecule has 0 radical (unpaired) electrons. The van der Waals surface area contributed by atoms with Gasteiger partial charge in [0.15, 0.2) is 6.54 Å². The van der Waals surface area contributed by atoms with Crippen LogP contribution >= 0.6 is 0 Å². The fourth-order valence-corrected chi connectivity index (χ4v) is 1.07. The van der Waals surface area contributed by atoms with Gasteiger partial charge in [0.1, 0.15) is 12.1 Å². The number of esters is 1. The highest BCUT2D eigenvalue weighted by Crippen LogP contribution is 2.08. The molecule has 0 rings (SSSR count). The smallest absolute Gasteiger partial charge is 0.362 e. The van der Waals surface area contributed by atoms with Crippen molar-refractivity contribution in [1.29, 1.82) is 0 Å². The lowest BCUT2D eigenvalue weighted by atomic mass is 10.2. The summed E-state index contributed by atoms with van der Waals surface area (Å²) < 4.78 is 5.63. The first-order valence-electron chi connectivity index (χ1n) is 4.81. The molecule has 4 heteroatoms. The number of aliphatic hydroxyl groups is 1. The summed E-state index contributed by atoms with van der Waals surface area (Å²) in [6.07, 6.45) is 0. The number of hydrogen-bond donors (Lipinski definition) is 1. The summed E-state index contributed by atoms with van der Waals surface area (Å²) in [5.74, 6) is -0.226. The van der Waals surface area contributed by atoms with Gasteiger partial charge < -0.3 is 14.3 Å². The predicted octanol–water partition coefficient (Wildman–Crippen LogP) is 0.397. The van der Waals surface area contributed by atoms with E-state index in [0.717, 1.165) is 0 Å². The van der Waals surface area contributed by atoms with Gasteiger partial charge in [0.05, 0.1) is 20.7 Å². The normalized spacial score (nSPS) is 12.7. The second-order valence-corrected chi connectivity index (χ2v) is 5.13. The lowest BCUT2D eigenvalue weighted by molar-refractivity contribution is -0.883. The zero-order chi connectivity index (χ0) is 11.4. The maximum atomic E-state index is 11.4. The van der Waals surface area contributed by atoms with Gasteiger partial charge in [-0.1, -0.05) is 0 Å². The Morgan fingerprint density at radius 2 is 1.86 bits per heavy atom. The van der Waals surface area contributed by atoms with Crippen molar-refractivity contribution in [1.82, 2.24) is 0 Å². The van der Waals surface area contributed by atoms with Gasteiger partial charge in [0.25, 0.3) is 0 Å². The number of ether oxygens (including phenoxy) is 1. The molecule has 4 nitrogen and oxygen atoms in total. The molecule has 0 bridgehead atoms. The van der Waals surface area contributed by atoms with Crippen LogP contribution in [0, 0.1) is 0 Å². The lowest BCUT2D eigenvalue weighted by Gasteiger charge is -2.29. The molecule has 0 unspecified atom stereocenters. The first-order valence-corrected chi connectivity index (χ1v) is 4.81. The Morgan fingerprint density at radius 3 is 2.21 bits per heavy atom. The van der Waals surface area contributed by atoms with Crippen LogP contribution in [0.1, 0.15) is 20.8 Å². The molecule has 0 fully saturated rings. The molecule has 0 aromatic heterocycles. The Bertz CT molecular complexity index is 194. The van der Waals surface area contributed by atoms with Crippen LogP contribution in [0.5, 0.6) is 0 Å². The van der Waals surface area contributed by atoms with E-state index in [1.165, 1.54) is 0 Å². The number of likely N-dealkylation sites (N-methyl/N-ethyl adjacent to an activating group) is 1. The van der Waals surface area contributed by atoms with E-state index in [4.69, 9.17) is 9.84 Å². The number of quaternary nitrogens is 1. The Morgan fingerprint density at radius 1 is 1.36 bits per heavy atom. The van der Waals surface area contributed by atoms with Gasteiger partial charge in [-0.05, 0) is 20.8 Å². The number of rotatable bonds is 4. The highest BCUT2D eigenvalue weighted by Gasteiger charge is 2.24. The van der Waals surface area contributed by atoms with Crippen LogP contribution in [0.4, 0.5) is 0 Å². The average Bonchev–Trinajstić information content (AvgIpc) is 1.78. The Labute approximate surface area is 86.1 Å². The molecule has 0 aliphatic carbocycles. The SMILES string of the molecule is CC(C)(C)OC(=O)C[N+](C)(C)CCO. The zero-order valence-electron chi connectivity index (χ0n) is 9.83. The van der Waals surface area contributed by atoms with Gasteiger partial charge in [-0.2, -0.15) is 0 Å². The van der Waals surface area contributed by atoms with Gasteiger partial charge in [0, 0.05) is 0 Å². The molecule has 1 N–H and O–H groups in total. The van der Waals surface area contributed by atoms with Crippen molar-refractivity contribution < 1.29 is 19.1 Å². The van der Waals surface area contributed by atoms with Gasteiger partial charge in [-0.25, -0.2) is 4.79 Å². The van der Waals surface area contributed by atoms with Crippen molar-refractivity contribution in [2.75, 3.05) is 33.8 Å². The standard InChI is InChI=1S/C10H22NO3/c1-10(2,3)14-9(13)8-11(4,5)6-7-12/h12H,6-8H2,1-5H3/q+1. The molecular weight excluding hydrogens is 182 g/mol. The minimum Gasteiger partial charge on any atom is -0.456 e. The van der Waals surface area contributed by atoms with Crippen molar-refractivity contribution in [3.8, 4) is 0 Å². The van der Waals surface area contributed by atoms with Gasteiger partial charge in [-0.15, -0.1) is 0 Å². The van der Waals surface area contributed by atoms with E-state index in [0.29, 0.717) is 11.0 Å². The minimum atomic E-state index is -0.434. The van der Waals surface area contributed by atoms with Crippen molar-refractivity contribution in [3.05, 3.63) is 0 Å². The molecule has 0 spiro atoms. The summed E-state index contributed by atoms with van der Waals surface area (Å²) in [6, 6.07) is 0. The van der Waals surface area contributed by atoms with E-state index < -0.39 is 5.60 Å². The van der Waals surface area contributed by atoms with Crippen LogP contribution < -0.4 is 0 Å². The van der Waals surface area contributed by atoms with Crippen LogP contribution in [0.15, 0.2) is 0 Å². The number of hydrogen-bond acceptors (Lipinski definition) is 3. The lowest BCUT2D eigenvalue weighted by Crippen LogP contribution is -2.47. The average molecular weight is 204 g/mol. The molecule has 0 aromatic rings. The van der Waals surface area contributed by atoms with Crippen LogP contribution in [-0.2, 0) is 9.53 Å². The maximum Gasteiger partial charge on any atom is 0.362 e. The predicted molar refractivity (Wildman–Crippen MR) is 54.8 cm³/mol. The summed E-state index contributed by atoms with van der Waals surface area (Å²) in [6.45, 7) is 6.46. The van der Waals surface area contributed by atoms with Gasteiger partial charge in [-0.3, -0.25) is 0 Å². The molecule has 0 saturated carbocycles. The van der Waals surface area contributed by atoms with E-state index >= 15 is 0 Å². The molecule has 84 valence electrons. The Kier molecular flexibility index (Phi) is 4.55. The molecule has 0 amide bonds. The summed E-state index contributed by atoms with van der Waals surface area (Å²) in [7, 11) is 3.78. The monoisotopic (exact) mass is 204 g/mol. The number of nitrogens with zero attached hydrogens (tertiary/aromatic N) is 1. The first kappa shape index (κ1) is 13.4. The highest BCUT2D eigenvalue weighted by atomic mass is 16.6. The molecule has 0 heterocycles. The fraction of sp³-hybridized carbons (Fsp3) is 0.900. The molecule has 14 heavy (non-hydrogen) atoms. The molecule has 0 aromatic carbocycles. The largest absolute Gasteiger partial charge is 0.456 e. The van der Waals surface area contributed by atoms with E-state index in [1.807, 2.05) is 34.9 Å². The minimum absolute atomic E-state index is 0.0792. The molecule has 0 atom stereocenters. The number of carbonyl (C=O) groups is 1. The summed E-state index contributed by atoms with van der Waals surface area (Å²) in [5, 5.41) is 8.78. The molecule has 0 aliphatic rings. The first-order chi connectivity index (χ1) is 6.16. The molecular formula is C10H22NO3+. The third-order valence-corrected chi connectivity index (χ3v) is 1.68. The maximum absolute atomic E-state index is 11.4. The van der Waals surface area contributed by atoms with Crippen LogP contribution in [0.3, 0.4) is 0 Å². The van der Waals surface area contributed by atoms with Crippen molar-refractivity contribution in [2.45, 2.75) is 26.4 Å². The molecule has 0 aliphatic heterocycles. The van der Waals surface area contributed by atoms with E-state index in [9.17, 15) is 4.79 Å². The molecule has 0 saturated heterocycles. The third kappa shape index (κ3) is 6.86. The Hall–Kier alpha value is -0.610. The highest BCUT2D eigenvalue weighted by molar-refractivity contribution is 5.71. The van der Waals surface area contributed by atoms with Crippen molar-refractivity contribution >= 4 is 5.97 Å². The van der Waals surface area contributed by atoms with Crippen LogP contribution in [0.2, 0.25) is 0 Å². The fourth-order valence-electron chi connectivity index (χ4n) is 1.07. The number of aliphatic hydroxyl groups excluding tert-OH is 1. The van der Waals surface area contributed by atoms with Gasteiger partial charge >= 0.3 is 5.97 Å². The number of carbonyl (C=O) groups excluding carboxylic acids is 1. The van der Waals surface area contributed by atoms with E-state index in [-0.39, 0.29) is 19.1 Å². The second kappa shape index (κ2) is 4.75. The van der Waals surface area contributed by atoms with Crippen molar-refractivity contribution in [2.24, 2.45) is 0 Å². The van der Waals surface area contributed by atoms with Crippen LogP contribution in [0.25, 0.3) is 0 Å². The third-order valence-electron chi connectivity index (χ3n) is 1.68. The second-order valence-electron chi connectivity index (χ2n) is 5.13.